The molecular formula is C11H15Cl2N3O. The summed E-state index contributed by atoms with van der Waals surface area (Å²) in [6.45, 7) is 1.70. The fraction of sp³-hybridized carbons (Fsp3) is 0.273. The molecule has 6 heteroatoms. The van der Waals surface area contributed by atoms with Crippen LogP contribution in [0.2, 0.25) is 0 Å². The van der Waals surface area contributed by atoms with E-state index in [-0.39, 0.29) is 24.8 Å². The molecule has 0 unspecified atom stereocenters. The highest BCUT2D eigenvalue weighted by Gasteiger charge is 2.11. The average Bonchev–Trinajstić information content (AvgIpc) is 2.30. The van der Waals surface area contributed by atoms with Gasteiger partial charge >= 0.3 is 0 Å². The molecule has 3 N–H and O–H groups in total. The van der Waals surface area contributed by atoms with Crippen molar-refractivity contribution in [3.05, 3.63) is 29.3 Å². The van der Waals surface area contributed by atoms with Crippen LogP contribution in [-0.2, 0) is 0 Å². The van der Waals surface area contributed by atoms with E-state index in [1.54, 1.807) is 18.2 Å². The van der Waals surface area contributed by atoms with E-state index in [0.717, 1.165) is 37.2 Å². The SMILES string of the molecule is Cl.Cl.Nc1ccc(C=O)c(C2=NCCCN2)c1. The third kappa shape index (κ3) is 3.61. The minimum absolute atomic E-state index is 0. The first-order chi connectivity index (χ1) is 7.31. The van der Waals surface area contributed by atoms with Crippen molar-refractivity contribution in [1.29, 1.82) is 0 Å². The molecule has 0 bridgehead atoms. The van der Waals surface area contributed by atoms with Gasteiger partial charge in [-0.3, -0.25) is 9.79 Å². The lowest BCUT2D eigenvalue weighted by Crippen LogP contribution is -2.31. The topological polar surface area (TPSA) is 67.5 Å². The zero-order valence-corrected chi connectivity index (χ0v) is 10.8. The fourth-order valence-corrected chi connectivity index (χ4v) is 1.59. The number of hydrogen-bond donors (Lipinski definition) is 2. The Hall–Kier alpha value is -1.26. The predicted molar refractivity (Wildman–Crippen MR) is 74.8 cm³/mol. The van der Waals surface area contributed by atoms with Crippen molar-refractivity contribution < 1.29 is 4.79 Å². The molecule has 0 fully saturated rings. The lowest BCUT2D eigenvalue weighted by molar-refractivity contribution is 0.112. The lowest BCUT2D eigenvalue weighted by atomic mass is 10.1. The number of aldehydes is 1. The summed E-state index contributed by atoms with van der Waals surface area (Å²) in [5, 5.41) is 3.17. The second-order valence-corrected chi connectivity index (χ2v) is 3.48. The summed E-state index contributed by atoms with van der Waals surface area (Å²) < 4.78 is 0. The van der Waals surface area contributed by atoms with Crippen LogP contribution in [0.15, 0.2) is 23.2 Å². The summed E-state index contributed by atoms with van der Waals surface area (Å²) in [5.74, 6) is 0.774. The molecule has 0 aromatic heterocycles. The van der Waals surface area contributed by atoms with Crippen molar-refractivity contribution in [2.75, 3.05) is 18.8 Å². The third-order valence-corrected chi connectivity index (χ3v) is 2.36. The third-order valence-electron chi connectivity index (χ3n) is 2.36. The van der Waals surface area contributed by atoms with E-state index >= 15 is 0 Å². The van der Waals surface area contributed by atoms with Crippen LogP contribution in [0.25, 0.3) is 0 Å². The van der Waals surface area contributed by atoms with Gasteiger partial charge in [0.05, 0.1) is 0 Å². The number of amidine groups is 1. The zero-order valence-electron chi connectivity index (χ0n) is 9.18. The number of benzene rings is 1. The van der Waals surface area contributed by atoms with E-state index in [9.17, 15) is 4.79 Å². The largest absolute Gasteiger partial charge is 0.399 e. The number of halogens is 2. The molecule has 0 spiro atoms. The molecule has 0 radical (unpaired) electrons. The molecule has 0 saturated heterocycles. The number of nitrogen functional groups attached to an aromatic ring is 1. The van der Waals surface area contributed by atoms with Crippen molar-refractivity contribution in [3.63, 3.8) is 0 Å². The van der Waals surface area contributed by atoms with Gasteiger partial charge in [0.1, 0.15) is 5.84 Å². The maximum absolute atomic E-state index is 10.9. The zero-order chi connectivity index (χ0) is 10.7. The van der Waals surface area contributed by atoms with Gasteiger partial charge in [-0.15, -0.1) is 24.8 Å². The van der Waals surface area contributed by atoms with Gasteiger partial charge in [-0.05, 0) is 24.6 Å². The van der Waals surface area contributed by atoms with Crippen LogP contribution >= 0.6 is 24.8 Å². The van der Waals surface area contributed by atoms with Gasteiger partial charge in [0, 0.05) is 29.9 Å². The molecule has 0 amide bonds. The smallest absolute Gasteiger partial charge is 0.150 e. The Labute approximate surface area is 113 Å². The van der Waals surface area contributed by atoms with Crippen molar-refractivity contribution in [2.24, 2.45) is 4.99 Å². The van der Waals surface area contributed by atoms with E-state index in [4.69, 9.17) is 5.73 Å². The summed E-state index contributed by atoms with van der Waals surface area (Å²) >= 11 is 0. The van der Waals surface area contributed by atoms with Crippen LogP contribution in [0.4, 0.5) is 5.69 Å². The number of carbonyl (C=O) groups excluding carboxylic acids is 1. The molecule has 0 aliphatic carbocycles. The standard InChI is InChI=1S/C11H13N3O.2ClH/c12-9-3-2-8(7-15)10(6-9)11-13-4-1-5-14-11;;/h2-3,6-7H,1,4-5,12H2,(H,13,14);2*1H. The molecule has 1 aromatic carbocycles. The quantitative estimate of drug-likeness (QED) is 0.637. The lowest BCUT2D eigenvalue weighted by Gasteiger charge is -2.16. The van der Waals surface area contributed by atoms with E-state index in [0.29, 0.717) is 11.3 Å². The fourth-order valence-electron chi connectivity index (χ4n) is 1.59. The molecule has 1 heterocycles. The highest BCUT2D eigenvalue weighted by Crippen LogP contribution is 2.13. The van der Waals surface area contributed by atoms with Crippen molar-refractivity contribution in [3.8, 4) is 0 Å². The maximum atomic E-state index is 10.9. The summed E-state index contributed by atoms with van der Waals surface area (Å²) in [5.41, 5.74) is 7.75. The first kappa shape index (κ1) is 15.7. The molecule has 1 aromatic rings. The average molecular weight is 276 g/mol. The molecule has 17 heavy (non-hydrogen) atoms. The van der Waals surface area contributed by atoms with Crippen LogP contribution in [0.1, 0.15) is 22.3 Å². The molecule has 1 aliphatic heterocycles. The number of rotatable bonds is 2. The first-order valence-corrected chi connectivity index (χ1v) is 4.94. The maximum Gasteiger partial charge on any atom is 0.150 e. The van der Waals surface area contributed by atoms with Gasteiger partial charge in [0.2, 0.25) is 0 Å². The predicted octanol–water partition coefficient (Wildman–Crippen LogP) is 1.66. The van der Waals surface area contributed by atoms with Crippen molar-refractivity contribution in [1.82, 2.24) is 5.32 Å². The van der Waals surface area contributed by atoms with E-state index in [1.807, 2.05) is 0 Å². The van der Waals surface area contributed by atoms with Crippen LogP contribution in [0.5, 0.6) is 0 Å². The van der Waals surface area contributed by atoms with Gasteiger partial charge in [-0.25, -0.2) is 0 Å². The number of carbonyl (C=O) groups is 1. The Bertz CT molecular complexity index is 421. The number of nitrogens with two attached hydrogens (primary N) is 1. The van der Waals surface area contributed by atoms with Crippen LogP contribution in [0.3, 0.4) is 0 Å². The highest BCUT2D eigenvalue weighted by molar-refractivity contribution is 6.05. The van der Waals surface area contributed by atoms with Crippen LogP contribution in [0, 0.1) is 0 Å². The summed E-state index contributed by atoms with van der Waals surface area (Å²) in [4.78, 5) is 15.2. The Kier molecular flexibility index (Phi) is 6.61. The van der Waals surface area contributed by atoms with Gasteiger partial charge in [0.15, 0.2) is 6.29 Å². The van der Waals surface area contributed by atoms with Gasteiger partial charge < -0.3 is 11.1 Å². The Morgan fingerprint density at radius 2 is 2.12 bits per heavy atom. The van der Waals surface area contributed by atoms with E-state index < -0.39 is 0 Å². The molecule has 94 valence electrons. The van der Waals surface area contributed by atoms with E-state index in [2.05, 4.69) is 10.3 Å². The number of aliphatic imine (C=N–C) groups is 1. The number of nitrogens with zero attached hydrogens (tertiary/aromatic N) is 1. The Morgan fingerprint density at radius 1 is 1.35 bits per heavy atom. The van der Waals surface area contributed by atoms with Gasteiger partial charge in [-0.1, -0.05) is 0 Å². The summed E-state index contributed by atoms with van der Waals surface area (Å²) in [6, 6.07) is 5.22. The number of nitrogens with one attached hydrogen (secondary N) is 1. The number of anilines is 1. The Balaban J connectivity index is 0.00000128. The minimum atomic E-state index is 0. The molecule has 0 atom stereocenters. The van der Waals surface area contributed by atoms with E-state index in [1.165, 1.54) is 0 Å². The van der Waals surface area contributed by atoms with Crippen molar-refractivity contribution in [2.45, 2.75) is 6.42 Å². The van der Waals surface area contributed by atoms with Crippen molar-refractivity contribution >= 4 is 42.6 Å². The highest BCUT2D eigenvalue weighted by atomic mass is 35.5. The van der Waals surface area contributed by atoms with Crippen LogP contribution < -0.4 is 11.1 Å². The van der Waals surface area contributed by atoms with Crippen LogP contribution in [-0.4, -0.2) is 25.2 Å². The molecule has 0 saturated carbocycles. The summed E-state index contributed by atoms with van der Waals surface area (Å²) in [7, 11) is 0. The Morgan fingerprint density at radius 3 is 2.71 bits per heavy atom. The second-order valence-electron chi connectivity index (χ2n) is 3.48. The normalized spacial score (nSPS) is 13.5. The first-order valence-electron chi connectivity index (χ1n) is 4.94. The summed E-state index contributed by atoms with van der Waals surface area (Å²) in [6.07, 6.45) is 1.86. The number of hydrogen-bond acceptors (Lipinski definition) is 4. The molecule has 1 aliphatic rings. The van der Waals surface area contributed by atoms with Gasteiger partial charge in [-0.2, -0.15) is 0 Å². The molecule has 4 nitrogen and oxygen atoms in total. The van der Waals surface area contributed by atoms with Gasteiger partial charge in [0.25, 0.3) is 0 Å². The second kappa shape index (κ2) is 7.14. The monoisotopic (exact) mass is 275 g/mol. The minimum Gasteiger partial charge on any atom is -0.399 e. The molecular weight excluding hydrogens is 261 g/mol. The molecule has 2 rings (SSSR count).